The predicted molar refractivity (Wildman–Crippen MR) is 116 cm³/mol. The van der Waals surface area contributed by atoms with Crippen LogP contribution in [-0.2, 0) is 19.3 Å². The van der Waals surface area contributed by atoms with Crippen LogP contribution in [0, 0.1) is 23.3 Å². The molecule has 0 spiro atoms. The first-order valence-electron chi connectivity index (χ1n) is 11.0. The van der Waals surface area contributed by atoms with Crippen molar-refractivity contribution < 1.29 is 17.6 Å². The smallest absolute Gasteiger partial charge is 0.137 e. The predicted octanol–water partition coefficient (Wildman–Crippen LogP) is 7.92. The molecule has 0 fully saturated rings. The van der Waals surface area contributed by atoms with Gasteiger partial charge in [-0.25, -0.2) is 17.6 Å². The largest absolute Gasteiger partial charge is 0.207 e. The lowest BCUT2D eigenvalue weighted by Crippen LogP contribution is -2.17. The Morgan fingerprint density at radius 1 is 0.871 bits per heavy atom. The zero-order chi connectivity index (χ0) is 22.0. The van der Waals surface area contributed by atoms with E-state index in [1.54, 1.807) is 6.07 Å². The van der Waals surface area contributed by atoms with Gasteiger partial charge < -0.3 is 0 Å². The van der Waals surface area contributed by atoms with Crippen molar-refractivity contribution in [2.75, 3.05) is 0 Å². The van der Waals surface area contributed by atoms with Gasteiger partial charge in [-0.15, -0.1) is 0 Å². The molecule has 1 atom stereocenters. The molecule has 1 unspecified atom stereocenters. The van der Waals surface area contributed by atoms with Crippen LogP contribution in [0.25, 0.3) is 11.1 Å². The molecule has 4 rings (SSSR count). The topological polar surface area (TPSA) is 0 Å². The summed E-state index contributed by atoms with van der Waals surface area (Å²) in [5, 5.41) is 0. The molecule has 0 heterocycles. The summed E-state index contributed by atoms with van der Waals surface area (Å²) in [4.78, 5) is 0. The van der Waals surface area contributed by atoms with E-state index in [-0.39, 0.29) is 17.3 Å². The molecule has 0 N–H and O–H groups in total. The number of benzene rings is 3. The van der Waals surface area contributed by atoms with Crippen molar-refractivity contribution in [2.45, 2.75) is 57.8 Å². The molecule has 0 saturated heterocycles. The fraction of sp³-hybridized carbons (Fsp3) is 0.333. The molecule has 0 nitrogen and oxygen atoms in total. The maximum atomic E-state index is 15.2. The van der Waals surface area contributed by atoms with Crippen molar-refractivity contribution in [1.29, 1.82) is 0 Å². The second-order valence-corrected chi connectivity index (χ2v) is 8.44. The Bertz CT molecular complexity index is 1070. The van der Waals surface area contributed by atoms with Crippen LogP contribution in [0.4, 0.5) is 17.6 Å². The minimum Gasteiger partial charge on any atom is -0.207 e. The van der Waals surface area contributed by atoms with E-state index in [9.17, 15) is 13.2 Å². The molecule has 0 aliphatic heterocycles. The van der Waals surface area contributed by atoms with Gasteiger partial charge in [0.15, 0.2) is 0 Å². The maximum absolute atomic E-state index is 15.2. The maximum Gasteiger partial charge on any atom is 0.137 e. The summed E-state index contributed by atoms with van der Waals surface area (Å²) in [5.41, 5.74) is 2.86. The molecular weight excluding hydrogens is 400 g/mol. The van der Waals surface area contributed by atoms with E-state index >= 15 is 4.39 Å². The summed E-state index contributed by atoms with van der Waals surface area (Å²) in [6.07, 6.45) is 5.57. The van der Waals surface area contributed by atoms with Crippen molar-refractivity contribution >= 4 is 0 Å². The van der Waals surface area contributed by atoms with Gasteiger partial charge in [0.25, 0.3) is 0 Å². The van der Waals surface area contributed by atoms with Crippen LogP contribution in [-0.4, -0.2) is 0 Å². The normalized spacial score (nSPS) is 15.7. The monoisotopic (exact) mass is 426 g/mol. The van der Waals surface area contributed by atoms with E-state index in [1.807, 2.05) is 12.1 Å². The van der Waals surface area contributed by atoms with Crippen LogP contribution < -0.4 is 0 Å². The SMILES string of the molecule is CCCCCc1ccc(C2CCc3c(cc(F)c(-c4ccc(F)cc4)c3F)C2)c(F)c1. The van der Waals surface area contributed by atoms with Crippen molar-refractivity contribution in [2.24, 2.45) is 0 Å². The van der Waals surface area contributed by atoms with Crippen LogP contribution >= 0.6 is 0 Å². The first-order valence-corrected chi connectivity index (χ1v) is 11.0. The van der Waals surface area contributed by atoms with Crippen LogP contribution in [0.5, 0.6) is 0 Å². The summed E-state index contributed by atoms with van der Waals surface area (Å²) in [6, 6.07) is 11.9. The van der Waals surface area contributed by atoms with E-state index in [1.165, 1.54) is 30.3 Å². The van der Waals surface area contributed by atoms with Crippen molar-refractivity contribution in [3.8, 4) is 11.1 Å². The number of unbranched alkanes of at least 4 members (excludes halogenated alkanes) is 2. The Morgan fingerprint density at radius 3 is 2.35 bits per heavy atom. The minimum atomic E-state index is -0.671. The second-order valence-electron chi connectivity index (χ2n) is 8.44. The van der Waals surface area contributed by atoms with Gasteiger partial charge in [-0.05, 0) is 90.1 Å². The molecule has 3 aromatic rings. The zero-order valence-electron chi connectivity index (χ0n) is 17.7. The van der Waals surface area contributed by atoms with Crippen LogP contribution in [0.1, 0.15) is 60.8 Å². The average Bonchev–Trinajstić information content (AvgIpc) is 2.75. The number of hydrogen-bond donors (Lipinski definition) is 0. The lowest BCUT2D eigenvalue weighted by molar-refractivity contribution is 0.506. The van der Waals surface area contributed by atoms with E-state index in [2.05, 4.69) is 6.92 Å². The highest BCUT2D eigenvalue weighted by Gasteiger charge is 2.28. The van der Waals surface area contributed by atoms with Gasteiger partial charge in [0.05, 0.1) is 5.56 Å². The molecule has 3 aromatic carbocycles. The molecule has 31 heavy (non-hydrogen) atoms. The lowest BCUT2D eigenvalue weighted by Gasteiger charge is -2.27. The third-order valence-corrected chi connectivity index (χ3v) is 6.33. The summed E-state index contributed by atoms with van der Waals surface area (Å²) in [6.45, 7) is 2.14. The molecule has 1 aliphatic rings. The number of aryl methyl sites for hydroxylation is 1. The molecule has 4 heteroatoms. The highest BCUT2D eigenvalue weighted by atomic mass is 19.1. The van der Waals surface area contributed by atoms with Gasteiger partial charge in [-0.3, -0.25) is 0 Å². The Balaban J connectivity index is 1.59. The standard InChI is InChI=1S/C27H26F4/c1-2-3-4-5-17-6-12-22(24(29)14-17)19-9-13-23-20(15-19)16-25(30)26(27(23)31)18-7-10-21(28)11-8-18/h6-8,10-12,14,16,19H,2-5,9,13,15H2,1H3. The van der Waals surface area contributed by atoms with E-state index in [4.69, 9.17) is 0 Å². The fourth-order valence-corrected chi connectivity index (χ4v) is 4.63. The third kappa shape index (κ3) is 4.53. The number of halogens is 4. The van der Waals surface area contributed by atoms with Gasteiger partial charge >= 0.3 is 0 Å². The minimum absolute atomic E-state index is 0.104. The fourth-order valence-electron chi connectivity index (χ4n) is 4.63. The van der Waals surface area contributed by atoms with Gasteiger partial charge in [0.2, 0.25) is 0 Å². The molecule has 1 aliphatic carbocycles. The van der Waals surface area contributed by atoms with E-state index in [0.29, 0.717) is 41.5 Å². The highest BCUT2D eigenvalue weighted by Crippen LogP contribution is 2.39. The zero-order valence-corrected chi connectivity index (χ0v) is 17.7. The summed E-state index contributed by atoms with van der Waals surface area (Å²) < 4.78 is 58.0. The third-order valence-electron chi connectivity index (χ3n) is 6.33. The summed E-state index contributed by atoms with van der Waals surface area (Å²) >= 11 is 0. The van der Waals surface area contributed by atoms with Gasteiger partial charge in [-0.1, -0.05) is 44.0 Å². The molecule has 162 valence electrons. The molecule has 0 radical (unpaired) electrons. The molecule has 0 saturated carbocycles. The molecule has 0 aromatic heterocycles. The highest BCUT2D eigenvalue weighted by molar-refractivity contribution is 5.67. The van der Waals surface area contributed by atoms with Gasteiger partial charge in [-0.2, -0.15) is 0 Å². The van der Waals surface area contributed by atoms with Gasteiger partial charge in [0.1, 0.15) is 23.3 Å². The van der Waals surface area contributed by atoms with Crippen LogP contribution in [0.3, 0.4) is 0 Å². The second kappa shape index (κ2) is 9.25. The Morgan fingerprint density at radius 2 is 1.65 bits per heavy atom. The van der Waals surface area contributed by atoms with Crippen LogP contribution in [0.2, 0.25) is 0 Å². The first kappa shape index (κ1) is 21.6. The summed E-state index contributed by atoms with van der Waals surface area (Å²) in [5.74, 6) is -2.05. The van der Waals surface area contributed by atoms with Crippen molar-refractivity contribution in [3.63, 3.8) is 0 Å². The summed E-state index contributed by atoms with van der Waals surface area (Å²) in [7, 11) is 0. The van der Waals surface area contributed by atoms with Crippen molar-refractivity contribution in [1.82, 2.24) is 0 Å². The number of hydrogen-bond acceptors (Lipinski definition) is 0. The van der Waals surface area contributed by atoms with Gasteiger partial charge in [0, 0.05) is 0 Å². The average molecular weight is 426 g/mol. The van der Waals surface area contributed by atoms with Crippen LogP contribution in [0.15, 0.2) is 48.5 Å². The Labute approximate surface area is 180 Å². The van der Waals surface area contributed by atoms with E-state index < -0.39 is 17.5 Å². The van der Waals surface area contributed by atoms with Crippen molar-refractivity contribution in [3.05, 3.63) is 94.1 Å². The molecule has 0 bridgehead atoms. The quantitative estimate of drug-likeness (QED) is 0.277. The Kier molecular flexibility index (Phi) is 6.45. The number of fused-ring (bicyclic) bond motifs is 1. The Hall–Kier alpha value is -2.62. The van der Waals surface area contributed by atoms with E-state index in [0.717, 1.165) is 31.2 Å². The molecule has 0 amide bonds. The first-order chi connectivity index (χ1) is 15.0. The number of rotatable bonds is 6. The molecular formula is C27H26F4. The lowest BCUT2D eigenvalue weighted by atomic mass is 9.78.